The molecule has 1 fully saturated rings. The quantitative estimate of drug-likeness (QED) is 0.257. The zero-order valence-corrected chi connectivity index (χ0v) is 18.1. The van der Waals surface area contributed by atoms with E-state index in [4.69, 9.17) is 4.74 Å². The molecular formula is C25H19N3O6. The number of amides is 4. The fourth-order valence-corrected chi connectivity index (χ4v) is 3.49. The van der Waals surface area contributed by atoms with E-state index in [1.165, 1.54) is 24.3 Å². The summed E-state index contributed by atoms with van der Waals surface area (Å²) in [7, 11) is 0. The molecule has 0 aromatic heterocycles. The van der Waals surface area contributed by atoms with Crippen LogP contribution in [0.15, 0.2) is 78.4 Å². The molecule has 3 aromatic carbocycles. The zero-order valence-electron chi connectivity index (χ0n) is 18.1. The second-order valence-corrected chi connectivity index (χ2v) is 7.55. The largest absolute Gasteiger partial charge is 0.488 e. The predicted molar refractivity (Wildman–Crippen MR) is 124 cm³/mol. The Kier molecular flexibility index (Phi) is 6.18. The number of nitrogens with one attached hydrogen (secondary N) is 1. The van der Waals surface area contributed by atoms with Crippen LogP contribution in [0.1, 0.15) is 16.7 Å². The molecule has 0 radical (unpaired) electrons. The molecule has 1 N–H and O–H groups in total. The van der Waals surface area contributed by atoms with Crippen LogP contribution in [0.2, 0.25) is 0 Å². The highest BCUT2D eigenvalue weighted by atomic mass is 16.6. The molecule has 0 atom stereocenters. The highest BCUT2D eigenvalue weighted by Gasteiger charge is 2.37. The standard InChI is InChI=1S/C25H19N3O6/c1-16-6-4-7-17(12-16)15-34-22-11-3-2-8-18(22)13-21-23(29)26-25(31)27(24(21)30)19-9-5-10-20(14-19)28(32)33/h2-14H,15H2,1H3,(H,26,29,31)/b21-13+. The number of para-hydroxylation sites is 1. The number of urea groups is 1. The van der Waals surface area contributed by atoms with Gasteiger partial charge in [-0.1, -0.05) is 54.1 Å². The van der Waals surface area contributed by atoms with Crippen molar-refractivity contribution in [2.75, 3.05) is 4.90 Å². The number of non-ortho nitro benzene ring substituents is 1. The first-order chi connectivity index (χ1) is 16.3. The summed E-state index contributed by atoms with van der Waals surface area (Å²) in [5.74, 6) is -1.33. The number of nitro groups is 1. The van der Waals surface area contributed by atoms with Crippen molar-refractivity contribution in [3.8, 4) is 5.75 Å². The average Bonchev–Trinajstić information content (AvgIpc) is 2.81. The Labute approximate surface area is 194 Å². The van der Waals surface area contributed by atoms with Crippen LogP contribution in [0.3, 0.4) is 0 Å². The summed E-state index contributed by atoms with van der Waals surface area (Å²) < 4.78 is 5.92. The number of hydrogen-bond donors (Lipinski definition) is 1. The number of nitrogens with zero attached hydrogens (tertiary/aromatic N) is 2. The third kappa shape index (κ3) is 4.68. The number of ether oxygens (including phenoxy) is 1. The molecule has 0 spiro atoms. The van der Waals surface area contributed by atoms with Crippen LogP contribution in [-0.2, 0) is 16.2 Å². The number of nitro benzene ring substituents is 1. The Morgan fingerprint density at radius 3 is 2.53 bits per heavy atom. The molecule has 1 aliphatic heterocycles. The number of carbonyl (C=O) groups is 3. The van der Waals surface area contributed by atoms with Gasteiger partial charge in [0.05, 0.1) is 10.6 Å². The van der Waals surface area contributed by atoms with Crippen molar-refractivity contribution >= 4 is 35.3 Å². The molecule has 170 valence electrons. The Morgan fingerprint density at radius 1 is 1.00 bits per heavy atom. The van der Waals surface area contributed by atoms with Crippen LogP contribution in [-0.4, -0.2) is 22.8 Å². The molecule has 0 unspecified atom stereocenters. The minimum absolute atomic E-state index is 0.0286. The molecule has 0 saturated carbocycles. The zero-order chi connectivity index (χ0) is 24.2. The van der Waals surface area contributed by atoms with E-state index >= 15 is 0 Å². The van der Waals surface area contributed by atoms with Gasteiger partial charge < -0.3 is 4.74 Å². The molecule has 4 amide bonds. The number of rotatable bonds is 6. The summed E-state index contributed by atoms with van der Waals surface area (Å²) in [5.41, 5.74) is 1.87. The summed E-state index contributed by atoms with van der Waals surface area (Å²) in [6, 6.07) is 18.7. The lowest BCUT2D eigenvalue weighted by atomic mass is 10.1. The number of carbonyl (C=O) groups excluding carboxylic acids is 3. The lowest BCUT2D eigenvalue weighted by Gasteiger charge is -2.26. The molecule has 9 heteroatoms. The summed E-state index contributed by atoms with van der Waals surface area (Å²) in [5, 5.41) is 13.2. The summed E-state index contributed by atoms with van der Waals surface area (Å²) in [4.78, 5) is 49.2. The summed E-state index contributed by atoms with van der Waals surface area (Å²) in [6.45, 7) is 2.25. The van der Waals surface area contributed by atoms with Crippen LogP contribution < -0.4 is 15.0 Å². The normalized spacial score (nSPS) is 14.8. The molecule has 1 heterocycles. The monoisotopic (exact) mass is 457 g/mol. The maximum absolute atomic E-state index is 13.1. The van der Waals surface area contributed by atoms with Crippen molar-refractivity contribution in [3.63, 3.8) is 0 Å². The fraction of sp³-hybridized carbons (Fsp3) is 0.0800. The Hall–Kier alpha value is -4.79. The van der Waals surface area contributed by atoms with E-state index in [1.54, 1.807) is 24.3 Å². The predicted octanol–water partition coefficient (Wildman–Crippen LogP) is 4.15. The van der Waals surface area contributed by atoms with Gasteiger partial charge in [-0.3, -0.25) is 25.0 Å². The van der Waals surface area contributed by atoms with Gasteiger partial charge in [0.2, 0.25) is 0 Å². The Balaban J connectivity index is 1.65. The third-order valence-electron chi connectivity index (χ3n) is 5.10. The van der Waals surface area contributed by atoms with E-state index in [0.29, 0.717) is 16.2 Å². The average molecular weight is 457 g/mol. The SMILES string of the molecule is Cc1cccc(COc2ccccc2/C=C2\C(=O)NC(=O)N(c3cccc([N+](=O)[O-])c3)C2=O)c1. The van der Waals surface area contributed by atoms with Crippen molar-refractivity contribution in [2.24, 2.45) is 0 Å². The number of barbiturate groups is 1. The first-order valence-corrected chi connectivity index (χ1v) is 10.3. The van der Waals surface area contributed by atoms with Crippen LogP contribution in [0, 0.1) is 17.0 Å². The molecule has 1 saturated heterocycles. The van der Waals surface area contributed by atoms with E-state index in [0.717, 1.165) is 17.2 Å². The highest BCUT2D eigenvalue weighted by Crippen LogP contribution is 2.27. The molecule has 4 rings (SSSR count). The van der Waals surface area contributed by atoms with Gasteiger partial charge in [0.15, 0.2) is 0 Å². The Morgan fingerprint density at radius 2 is 1.76 bits per heavy atom. The van der Waals surface area contributed by atoms with Gasteiger partial charge in [-0.2, -0.15) is 0 Å². The van der Waals surface area contributed by atoms with Gasteiger partial charge in [-0.05, 0) is 30.7 Å². The molecule has 9 nitrogen and oxygen atoms in total. The first-order valence-electron chi connectivity index (χ1n) is 10.3. The fourth-order valence-electron chi connectivity index (χ4n) is 3.49. The maximum atomic E-state index is 13.1. The lowest BCUT2D eigenvalue weighted by Crippen LogP contribution is -2.54. The number of aryl methyl sites for hydroxylation is 1. The van der Waals surface area contributed by atoms with E-state index < -0.39 is 22.8 Å². The third-order valence-corrected chi connectivity index (χ3v) is 5.10. The molecular weight excluding hydrogens is 438 g/mol. The van der Waals surface area contributed by atoms with Crippen LogP contribution in [0.4, 0.5) is 16.2 Å². The van der Waals surface area contributed by atoms with Gasteiger partial charge in [0.25, 0.3) is 17.5 Å². The van der Waals surface area contributed by atoms with Gasteiger partial charge in [-0.15, -0.1) is 0 Å². The number of benzene rings is 3. The molecule has 1 aliphatic rings. The van der Waals surface area contributed by atoms with Crippen LogP contribution in [0.25, 0.3) is 6.08 Å². The van der Waals surface area contributed by atoms with Crippen molar-refractivity contribution in [1.29, 1.82) is 0 Å². The number of imide groups is 2. The first kappa shape index (κ1) is 22.4. The van der Waals surface area contributed by atoms with Gasteiger partial charge in [-0.25, -0.2) is 9.69 Å². The maximum Gasteiger partial charge on any atom is 0.335 e. The van der Waals surface area contributed by atoms with Crippen molar-refractivity contribution in [1.82, 2.24) is 5.32 Å². The summed E-state index contributed by atoms with van der Waals surface area (Å²) in [6.07, 6.45) is 1.33. The van der Waals surface area contributed by atoms with Gasteiger partial charge in [0, 0.05) is 17.7 Å². The summed E-state index contributed by atoms with van der Waals surface area (Å²) >= 11 is 0. The van der Waals surface area contributed by atoms with E-state index in [-0.39, 0.29) is 23.6 Å². The molecule has 0 bridgehead atoms. The topological polar surface area (TPSA) is 119 Å². The van der Waals surface area contributed by atoms with E-state index in [9.17, 15) is 24.5 Å². The molecule has 34 heavy (non-hydrogen) atoms. The second-order valence-electron chi connectivity index (χ2n) is 7.55. The Bertz CT molecular complexity index is 1350. The van der Waals surface area contributed by atoms with Crippen LogP contribution >= 0.6 is 0 Å². The molecule has 3 aromatic rings. The smallest absolute Gasteiger partial charge is 0.335 e. The van der Waals surface area contributed by atoms with Gasteiger partial charge in [0.1, 0.15) is 17.9 Å². The van der Waals surface area contributed by atoms with E-state index in [1.807, 2.05) is 31.2 Å². The van der Waals surface area contributed by atoms with Crippen molar-refractivity contribution in [2.45, 2.75) is 13.5 Å². The number of anilines is 1. The van der Waals surface area contributed by atoms with Crippen molar-refractivity contribution < 1.29 is 24.0 Å². The van der Waals surface area contributed by atoms with Crippen molar-refractivity contribution in [3.05, 3.63) is 105 Å². The van der Waals surface area contributed by atoms with E-state index in [2.05, 4.69) is 5.32 Å². The number of hydrogen-bond acceptors (Lipinski definition) is 6. The minimum atomic E-state index is -0.989. The minimum Gasteiger partial charge on any atom is -0.488 e. The second kappa shape index (κ2) is 9.37. The van der Waals surface area contributed by atoms with Crippen LogP contribution in [0.5, 0.6) is 5.75 Å². The van der Waals surface area contributed by atoms with Gasteiger partial charge >= 0.3 is 6.03 Å². The highest BCUT2D eigenvalue weighted by molar-refractivity contribution is 6.39. The lowest BCUT2D eigenvalue weighted by molar-refractivity contribution is -0.384. The molecule has 0 aliphatic carbocycles.